The van der Waals surface area contributed by atoms with Gasteiger partial charge in [0, 0.05) is 19.3 Å². The van der Waals surface area contributed by atoms with Crippen molar-refractivity contribution in [2.45, 2.75) is 309 Å². The predicted octanol–water partition coefficient (Wildman–Crippen LogP) is 22.2. The van der Waals surface area contributed by atoms with Crippen LogP contribution in [-0.2, 0) is 28.6 Å². The maximum Gasteiger partial charge on any atom is 0.306 e. The van der Waals surface area contributed by atoms with E-state index in [2.05, 4.69) is 130 Å². The summed E-state index contributed by atoms with van der Waals surface area (Å²) in [5.74, 6) is -0.902. The highest BCUT2D eigenvalue weighted by Crippen LogP contribution is 2.16. The van der Waals surface area contributed by atoms with E-state index >= 15 is 0 Å². The Kier molecular flexibility index (Phi) is 61.3. The van der Waals surface area contributed by atoms with Crippen LogP contribution in [0, 0.1) is 0 Å². The van der Waals surface area contributed by atoms with Crippen LogP contribution in [0.1, 0.15) is 303 Å². The van der Waals surface area contributed by atoms with Crippen molar-refractivity contribution in [3.63, 3.8) is 0 Å². The highest BCUT2D eigenvalue weighted by atomic mass is 16.6. The van der Waals surface area contributed by atoms with Gasteiger partial charge in [0.2, 0.25) is 0 Å². The highest BCUT2D eigenvalue weighted by Gasteiger charge is 2.19. The fourth-order valence-corrected chi connectivity index (χ4v) is 8.92. The maximum absolute atomic E-state index is 12.9. The normalized spacial score (nSPS) is 12.8. The molecule has 1 atom stereocenters. The molecule has 0 spiro atoms. The molecular weight excluding hydrogens is 949 g/mol. The lowest BCUT2D eigenvalue weighted by molar-refractivity contribution is -0.167. The van der Waals surface area contributed by atoms with Gasteiger partial charge in [0.05, 0.1) is 0 Å². The Bertz CT molecular complexity index is 1560. The van der Waals surface area contributed by atoms with E-state index in [-0.39, 0.29) is 31.1 Å². The maximum atomic E-state index is 12.9. The van der Waals surface area contributed by atoms with E-state index in [1.54, 1.807) is 0 Å². The Morgan fingerprint density at radius 2 is 0.506 bits per heavy atom. The molecule has 1 unspecified atom stereocenters. The van der Waals surface area contributed by atoms with Crippen molar-refractivity contribution in [3.05, 3.63) is 109 Å². The zero-order valence-corrected chi connectivity index (χ0v) is 50.4. The number of rotatable bonds is 58. The minimum absolute atomic E-state index is 0.0839. The van der Waals surface area contributed by atoms with Gasteiger partial charge in [-0.25, -0.2) is 0 Å². The third-order valence-corrected chi connectivity index (χ3v) is 13.8. The Morgan fingerprint density at radius 1 is 0.273 bits per heavy atom. The average molecular weight is 1070 g/mol. The lowest BCUT2D eigenvalue weighted by atomic mass is 10.0. The summed E-state index contributed by atoms with van der Waals surface area (Å²) in [7, 11) is 0. The van der Waals surface area contributed by atoms with Gasteiger partial charge in [0.1, 0.15) is 13.2 Å². The van der Waals surface area contributed by atoms with Gasteiger partial charge >= 0.3 is 17.9 Å². The number of carbonyl (C=O) groups excluding carboxylic acids is 3. The first kappa shape index (κ1) is 73.1. The van der Waals surface area contributed by atoms with Crippen LogP contribution >= 0.6 is 0 Å². The molecule has 0 aliphatic carbocycles. The fourth-order valence-electron chi connectivity index (χ4n) is 8.92. The first-order valence-electron chi connectivity index (χ1n) is 32.4. The molecule has 0 amide bonds. The van der Waals surface area contributed by atoms with Crippen molar-refractivity contribution < 1.29 is 28.6 Å². The topological polar surface area (TPSA) is 78.9 Å². The predicted molar refractivity (Wildman–Crippen MR) is 334 cm³/mol. The second kappa shape index (κ2) is 64.6. The van der Waals surface area contributed by atoms with E-state index in [1.807, 2.05) is 0 Å². The van der Waals surface area contributed by atoms with Crippen LogP contribution in [0.5, 0.6) is 0 Å². The molecule has 0 heterocycles. The van der Waals surface area contributed by atoms with Crippen molar-refractivity contribution in [2.75, 3.05) is 13.2 Å². The van der Waals surface area contributed by atoms with Crippen LogP contribution in [-0.4, -0.2) is 37.2 Å². The van der Waals surface area contributed by atoms with Crippen LogP contribution in [0.25, 0.3) is 0 Å². The van der Waals surface area contributed by atoms with Crippen LogP contribution in [0.3, 0.4) is 0 Å². The van der Waals surface area contributed by atoms with Crippen LogP contribution in [0.4, 0.5) is 0 Å². The van der Waals surface area contributed by atoms with Gasteiger partial charge in [-0.3, -0.25) is 14.4 Å². The molecule has 0 aromatic rings. The Hall–Kier alpha value is -3.93. The summed E-state index contributed by atoms with van der Waals surface area (Å²) in [5, 5.41) is 0. The first-order chi connectivity index (χ1) is 38.0. The number of esters is 3. The minimum atomic E-state index is -0.788. The largest absolute Gasteiger partial charge is 0.462 e. The minimum Gasteiger partial charge on any atom is -0.462 e. The molecule has 0 aromatic heterocycles. The standard InChI is InChI=1S/C71H120O6/c1-4-7-10-13-16-19-21-23-25-27-29-31-33-34-35-36-38-39-41-43-45-47-49-52-55-58-61-64-70(73)76-67-68(66-75-69(72)63-60-57-54-51-18-15-12-9-6-3)77-71(74)65-62-59-56-53-50-48-46-44-42-40-37-32-30-28-26-24-22-20-17-14-11-8-5-2/h7,10,16,19,22-25,28-31,34-35,38-39,43,45,68H,4-6,8-9,11-15,17-18,20-21,26-27,32-33,36-37,40-42,44,46-67H2,1-3H3/b10-7-,19-16-,24-22-,25-23-,30-28-,31-29-,35-34-,39-38-,45-43-. The molecule has 6 heteroatoms. The van der Waals surface area contributed by atoms with Gasteiger partial charge in [-0.1, -0.05) is 284 Å². The summed E-state index contributed by atoms with van der Waals surface area (Å²) in [6, 6.07) is 0. The molecule has 0 aliphatic rings. The van der Waals surface area contributed by atoms with Crippen molar-refractivity contribution in [3.8, 4) is 0 Å². The fraction of sp³-hybridized carbons (Fsp3) is 0.704. The van der Waals surface area contributed by atoms with Gasteiger partial charge < -0.3 is 14.2 Å². The van der Waals surface area contributed by atoms with E-state index in [0.29, 0.717) is 19.3 Å². The first-order valence-corrected chi connectivity index (χ1v) is 32.4. The third kappa shape index (κ3) is 62.8. The molecule has 77 heavy (non-hydrogen) atoms. The molecule has 0 aliphatic heterocycles. The van der Waals surface area contributed by atoms with Crippen LogP contribution in [0.15, 0.2) is 109 Å². The van der Waals surface area contributed by atoms with Gasteiger partial charge in [0.25, 0.3) is 0 Å². The van der Waals surface area contributed by atoms with E-state index < -0.39 is 6.10 Å². The van der Waals surface area contributed by atoms with Gasteiger partial charge in [-0.15, -0.1) is 0 Å². The molecule has 0 saturated carbocycles. The zero-order chi connectivity index (χ0) is 55.7. The van der Waals surface area contributed by atoms with Crippen molar-refractivity contribution in [1.29, 1.82) is 0 Å². The molecule has 0 fully saturated rings. The second-order valence-electron chi connectivity index (χ2n) is 21.3. The Labute approximate surface area is 476 Å². The molecule has 6 nitrogen and oxygen atoms in total. The zero-order valence-electron chi connectivity index (χ0n) is 50.4. The molecule has 0 saturated heterocycles. The molecule has 440 valence electrons. The number of hydrogen-bond acceptors (Lipinski definition) is 6. The number of unbranched alkanes of at least 4 members (excludes halogenated alkanes) is 29. The quantitative estimate of drug-likeness (QED) is 0.0261. The smallest absolute Gasteiger partial charge is 0.306 e. The van der Waals surface area contributed by atoms with Crippen molar-refractivity contribution in [2.24, 2.45) is 0 Å². The number of hydrogen-bond donors (Lipinski definition) is 0. The summed E-state index contributed by atoms with van der Waals surface area (Å²) in [6.07, 6.45) is 88.2. The van der Waals surface area contributed by atoms with Gasteiger partial charge in [0.15, 0.2) is 6.10 Å². The molecular formula is C71H120O6. The summed E-state index contributed by atoms with van der Waals surface area (Å²) >= 11 is 0. The molecule has 0 radical (unpaired) electrons. The highest BCUT2D eigenvalue weighted by molar-refractivity contribution is 5.71. The van der Waals surface area contributed by atoms with E-state index in [4.69, 9.17) is 14.2 Å². The molecule has 0 aromatic carbocycles. The molecule has 0 bridgehead atoms. The van der Waals surface area contributed by atoms with Gasteiger partial charge in [-0.2, -0.15) is 0 Å². The number of ether oxygens (including phenoxy) is 3. The lowest BCUT2D eigenvalue weighted by Crippen LogP contribution is -2.30. The average Bonchev–Trinajstić information content (AvgIpc) is 3.43. The SMILES string of the molecule is CC/C=C\C/C=C\C/C=C\C/C=C\C/C=C\C/C=C\C/C=C\CCCCCCCC(=O)OCC(COC(=O)CCCCCCCCCCC)OC(=O)CCCCCCCCCCCCC/C=C\C/C=C\CCCCCCC. The number of allylic oxidation sites excluding steroid dienone is 18. The van der Waals surface area contributed by atoms with E-state index in [1.165, 1.54) is 135 Å². The number of carbonyl (C=O) groups is 3. The van der Waals surface area contributed by atoms with Crippen LogP contribution in [0.2, 0.25) is 0 Å². The lowest BCUT2D eigenvalue weighted by Gasteiger charge is -2.18. The summed E-state index contributed by atoms with van der Waals surface area (Å²) in [4.78, 5) is 38.2. The molecule has 0 N–H and O–H groups in total. The summed E-state index contributed by atoms with van der Waals surface area (Å²) in [5.41, 5.74) is 0. The van der Waals surface area contributed by atoms with E-state index in [0.717, 1.165) is 128 Å². The van der Waals surface area contributed by atoms with Crippen molar-refractivity contribution in [1.82, 2.24) is 0 Å². The summed E-state index contributed by atoms with van der Waals surface area (Å²) in [6.45, 7) is 6.50. The van der Waals surface area contributed by atoms with Gasteiger partial charge in [-0.05, 0) is 109 Å². The van der Waals surface area contributed by atoms with E-state index in [9.17, 15) is 14.4 Å². The van der Waals surface area contributed by atoms with Crippen molar-refractivity contribution >= 4 is 17.9 Å². The van der Waals surface area contributed by atoms with Crippen LogP contribution < -0.4 is 0 Å². The second-order valence-corrected chi connectivity index (χ2v) is 21.3. The Balaban J connectivity index is 4.28. The Morgan fingerprint density at radius 3 is 0.792 bits per heavy atom. The summed E-state index contributed by atoms with van der Waals surface area (Å²) < 4.78 is 16.9. The monoisotopic (exact) mass is 1070 g/mol. The molecule has 0 rings (SSSR count). The third-order valence-electron chi connectivity index (χ3n) is 13.8.